The fourth-order valence-corrected chi connectivity index (χ4v) is 5.35. The number of rotatable bonds is 6. The molecule has 2 bridgehead atoms. The van der Waals surface area contributed by atoms with Gasteiger partial charge in [-0.15, -0.1) is 0 Å². The van der Waals surface area contributed by atoms with E-state index in [0.29, 0.717) is 19.3 Å². The molecule has 9 atom stereocenters. The molecule has 3 heterocycles. The summed E-state index contributed by atoms with van der Waals surface area (Å²) in [5.74, 6) is 0. The molecule has 0 aromatic heterocycles. The van der Waals surface area contributed by atoms with Crippen molar-refractivity contribution in [2.75, 3.05) is 6.61 Å². The molecule has 0 amide bonds. The lowest BCUT2D eigenvalue weighted by Gasteiger charge is -2.49. The minimum Gasteiger partial charge on any atom is -0.394 e. The van der Waals surface area contributed by atoms with Gasteiger partial charge in [-0.2, -0.15) is 0 Å². The molecule has 3 rings (SSSR count). The van der Waals surface area contributed by atoms with E-state index in [9.17, 15) is 25.5 Å². The fourth-order valence-electron chi connectivity index (χ4n) is 5.35. The van der Waals surface area contributed by atoms with E-state index in [-0.39, 0.29) is 17.6 Å². The number of aliphatic hydroxyl groups is 5. The quantitative estimate of drug-likeness (QED) is 0.417. The number of hydrogen-bond donors (Lipinski definition) is 5. The lowest BCUT2D eigenvalue weighted by Crippen LogP contribution is -2.60. The summed E-state index contributed by atoms with van der Waals surface area (Å²) in [7, 11) is 0. The van der Waals surface area contributed by atoms with Gasteiger partial charge in [-0.25, -0.2) is 0 Å². The Hall–Kier alpha value is -0.320. The van der Waals surface area contributed by atoms with E-state index in [0.717, 1.165) is 6.42 Å². The molecule has 4 unspecified atom stereocenters. The monoisotopic (exact) mass is 390 g/mol. The van der Waals surface area contributed by atoms with E-state index in [1.54, 1.807) is 0 Å². The van der Waals surface area contributed by atoms with Gasteiger partial charge in [-0.05, 0) is 38.5 Å². The predicted molar refractivity (Wildman–Crippen MR) is 94.8 cm³/mol. The van der Waals surface area contributed by atoms with Gasteiger partial charge in [0.2, 0.25) is 0 Å². The van der Waals surface area contributed by atoms with Crippen LogP contribution in [-0.2, 0) is 14.2 Å². The first-order chi connectivity index (χ1) is 12.4. The minimum absolute atomic E-state index is 0.0664. The van der Waals surface area contributed by atoms with E-state index < -0.39 is 48.5 Å². The van der Waals surface area contributed by atoms with Gasteiger partial charge in [-0.1, -0.05) is 13.8 Å². The molecule has 0 radical (unpaired) electrons. The van der Waals surface area contributed by atoms with Gasteiger partial charge >= 0.3 is 0 Å². The second-order valence-electron chi connectivity index (χ2n) is 9.32. The first kappa shape index (κ1) is 21.4. The number of fused-ring (bicyclic) bond motifs is 2. The van der Waals surface area contributed by atoms with E-state index in [4.69, 9.17) is 14.2 Å². The van der Waals surface area contributed by atoms with Gasteiger partial charge in [0.05, 0.1) is 24.4 Å². The van der Waals surface area contributed by atoms with E-state index in [1.165, 1.54) is 0 Å². The van der Waals surface area contributed by atoms with Gasteiger partial charge in [-0.3, -0.25) is 0 Å². The van der Waals surface area contributed by atoms with Gasteiger partial charge < -0.3 is 39.7 Å². The SMILES string of the molecule is CC(CCC12OC(CC1(C)C)CC2(C)O)O[C@@H]1O[C@H](CO)[C@@H](O)[C@H](O)[C@H]1O. The average molecular weight is 390 g/mol. The van der Waals surface area contributed by atoms with Crippen molar-refractivity contribution in [3.63, 3.8) is 0 Å². The minimum atomic E-state index is -1.46. The lowest BCUT2D eigenvalue weighted by molar-refractivity contribution is -0.311. The Morgan fingerprint density at radius 3 is 2.30 bits per heavy atom. The largest absolute Gasteiger partial charge is 0.394 e. The second kappa shape index (κ2) is 7.18. The molecule has 8 nitrogen and oxygen atoms in total. The molecule has 27 heavy (non-hydrogen) atoms. The molecule has 0 aromatic carbocycles. The van der Waals surface area contributed by atoms with Crippen molar-refractivity contribution in [2.45, 2.75) is 107 Å². The Labute approximate surface area is 160 Å². The van der Waals surface area contributed by atoms with Crippen LogP contribution in [0, 0.1) is 5.41 Å². The van der Waals surface area contributed by atoms with Crippen LogP contribution in [0.5, 0.6) is 0 Å². The van der Waals surface area contributed by atoms with Crippen LogP contribution in [0.25, 0.3) is 0 Å². The Morgan fingerprint density at radius 2 is 1.74 bits per heavy atom. The van der Waals surface area contributed by atoms with Crippen LogP contribution in [0.1, 0.15) is 53.4 Å². The van der Waals surface area contributed by atoms with E-state index in [1.807, 2.05) is 13.8 Å². The van der Waals surface area contributed by atoms with Crippen LogP contribution in [0.2, 0.25) is 0 Å². The molecule has 3 fully saturated rings. The van der Waals surface area contributed by atoms with Crippen LogP contribution >= 0.6 is 0 Å². The highest BCUT2D eigenvalue weighted by Crippen LogP contribution is 2.61. The Morgan fingerprint density at radius 1 is 1.07 bits per heavy atom. The predicted octanol–water partition coefficient (Wildman–Crippen LogP) is -0.320. The Kier molecular flexibility index (Phi) is 5.69. The zero-order valence-electron chi connectivity index (χ0n) is 16.5. The molecule has 3 saturated heterocycles. The van der Waals surface area contributed by atoms with E-state index >= 15 is 0 Å². The standard InChI is InChI=1S/C19H34O8/c1-10(25-16-15(23)14(22)13(21)12(9-20)26-16)5-6-19-17(2,3)7-11(27-19)8-18(19,4)24/h10-16,20-24H,5-9H2,1-4H3/t10?,11?,12-,13-,14+,15-,16-,18?,19?/m1/s1. The van der Waals surface area contributed by atoms with Crippen molar-refractivity contribution in [3.05, 3.63) is 0 Å². The molecule has 158 valence electrons. The molecule has 0 spiro atoms. The highest BCUT2D eigenvalue weighted by Gasteiger charge is 2.68. The van der Waals surface area contributed by atoms with Crippen LogP contribution in [0.3, 0.4) is 0 Å². The van der Waals surface area contributed by atoms with Crippen LogP contribution in [0.15, 0.2) is 0 Å². The van der Waals surface area contributed by atoms with Crippen molar-refractivity contribution in [1.82, 2.24) is 0 Å². The van der Waals surface area contributed by atoms with Gasteiger partial charge in [0.25, 0.3) is 0 Å². The van der Waals surface area contributed by atoms with Crippen molar-refractivity contribution in [2.24, 2.45) is 5.41 Å². The molecular weight excluding hydrogens is 356 g/mol. The molecule has 0 aliphatic carbocycles. The summed E-state index contributed by atoms with van der Waals surface area (Å²) in [5.41, 5.74) is -1.73. The zero-order chi connectivity index (χ0) is 20.2. The summed E-state index contributed by atoms with van der Waals surface area (Å²) < 4.78 is 17.4. The van der Waals surface area contributed by atoms with Crippen LogP contribution in [0.4, 0.5) is 0 Å². The topological polar surface area (TPSA) is 129 Å². The molecular formula is C19H34O8. The number of aliphatic hydroxyl groups excluding tert-OH is 4. The van der Waals surface area contributed by atoms with Gasteiger partial charge in [0.15, 0.2) is 6.29 Å². The second-order valence-corrected chi connectivity index (χ2v) is 9.32. The van der Waals surface area contributed by atoms with Crippen molar-refractivity contribution in [3.8, 4) is 0 Å². The zero-order valence-corrected chi connectivity index (χ0v) is 16.5. The fraction of sp³-hybridized carbons (Fsp3) is 1.00. The number of hydrogen-bond acceptors (Lipinski definition) is 8. The van der Waals surface area contributed by atoms with Crippen molar-refractivity contribution < 1.29 is 39.7 Å². The first-order valence-corrected chi connectivity index (χ1v) is 9.80. The average Bonchev–Trinajstić information content (AvgIpc) is 2.98. The summed E-state index contributed by atoms with van der Waals surface area (Å²) in [6, 6.07) is 0. The third kappa shape index (κ3) is 3.44. The van der Waals surface area contributed by atoms with E-state index in [2.05, 4.69) is 13.8 Å². The molecule has 8 heteroatoms. The third-order valence-electron chi connectivity index (χ3n) is 6.81. The molecule has 0 aromatic rings. The smallest absolute Gasteiger partial charge is 0.186 e. The maximum atomic E-state index is 11.0. The Bertz CT molecular complexity index is 516. The summed E-state index contributed by atoms with van der Waals surface area (Å²) >= 11 is 0. The molecule has 3 aliphatic rings. The lowest BCUT2D eigenvalue weighted by atomic mass is 9.59. The molecule has 5 N–H and O–H groups in total. The number of ether oxygens (including phenoxy) is 3. The highest BCUT2D eigenvalue weighted by atomic mass is 16.7. The van der Waals surface area contributed by atoms with Crippen LogP contribution in [-0.4, -0.2) is 86.3 Å². The molecule has 3 aliphatic heterocycles. The van der Waals surface area contributed by atoms with Crippen molar-refractivity contribution >= 4 is 0 Å². The van der Waals surface area contributed by atoms with Gasteiger partial charge in [0.1, 0.15) is 30.0 Å². The summed E-state index contributed by atoms with van der Waals surface area (Å²) in [6.45, 7) is 7.39. The highest BCUT2D eigenvalue weighted by molar-refractivity contribution is 5.18. The maximum Gasteiger partial charge on any atom is 0.186 e. The maximum absolute atomic E-state index is 11.0. The third-order valence-corrected chi connectivity index (χ3v) is 6.81. The Balaban J connectivity index is 1.62. The summed E-state index contributed by atoms with van der Waals surface area (Å²) in [6.07, 6.45) is -4.03. The summed E-state index contributed by atoms with van der Waals surface area (Å²) in [4.78, 5) is 0. The molecule has 0 saturated carbocycles. The normalized spacial score (nSPS) is 50.1. The van der Waals surface area contributed by atoms with Crippen LogP contribution < -0.4 is 0 Å². The van der Waals surface area contributed by atoms with Crippen molar-refractivity contribution in [1.29, 1.82) is 0 Å². The summed E-state index contributed by atoms with van der Waals surface area (Å²) in [5, 5.41) is 50.1. The first-order valence-electron chi connectivity index (χ1n) is 9.80. The van der Waals surface area contributed by atoms with Gasteiger partial charge in [0, 0.05) is 6.42 Å².